The number of thiocarbonyl (C=S) groups is 1. The van der Waals surface area contributed by atoms with E-state index in [2.05, 4.69) is 10.4 Å². The Bertz CT molecular complexity index is 626. The average Bonchev–Trinajstić information content (AvgIpc) is 2.74. The highest BCUT2D eigenvalue weighted by atomic mass is 35.5. The molecule has 0 saturated carbocycles. The van der Waals surface area contributed by atoms with E-state index in [-0.39, 0.29) is 17.4 Å². The summed E-state index contributed by atoms with van der Waals surface area (Å²) in [5.74, 6) is -0.208. The van der Waals surface area contributed by atoms with Gasteiger partial charge in [-0.2, -0.15) is 5.10 Å². The maximum absolute atomic E-state index is 11.8. The summed E-state index contributed by atoms with van der Waals surface area (Å²) in [5, 5.41) is 7.15. The molecule has 2 rings (SSSR count). The van der Waals surface area contributed by atoms with Crippen LogP contribution in [0.15, 0.2) is 36.7 Å². The molecule has 0 spiro atoms. The van der Waals surface area contributed by atoms with Crippen LogP contribution in [-0.4, -0.2) is 20.7 Å². The molecule has 0 aliphatic rings. The van der Waals surface area contributed by atoms with Gasteiger partial charge in [-0.05, 0) is 12.1 Å². The molecule has 0 atom stereocenters. The van der Waals surface area contributed by atoms with Crippen molar-refractivity contribution in [3.05, 3.63) is 47.2 Å². The van der Waals surface area contributed by atoms with Crippen LogP contribution in [0.2, 0.25) is 5.02 Å². The quantitative estimate of drug-likeness (QED) is 0.844. The van der Waals surface area contributed by atoms with Crippen molar-refractivity contribution in [2.45, 2.75) is 6.54 Å². The minimum Gasteiger partial charge on any atom is -0.389 e. The third kappa shape index (κ3) is 3.77. The van der Waals surface area contributed by atoms with E-state index in [1.165, 1.54) is 10.9 Å². The van der Waals surface area contributed by atoms with E-state index in [0.717, 1.165) is 0 Å². The van der Waals surface area contributed by atoms with Crippen LogP contribution in [-0.2, 0) is 11.3 Å². The van der Waals surface area contributed by atoms with E-state index < -0.39 is 0 Å². The fourth-order valence-corrected chi connectivity index (χ4v) is 1.81. The molecule has 0 aliphatic carbocycles. The number of carbonyl (C=O) groups excluding carboxylic acids is 1. The SMILES string of the molecule is NC(=S)c1cccc(NC(=O)Cn2cc(Cl)cn2)c1. The maximum Gasteiger partial charge on any atom is 0.246 e. The van der Waals surface area contributed by atoms with Crippen molar-refractivity contribution in [1.82, 2.24) is 9.78 Å². The number of halogens is 1. The molecule has 1 aromatic heterocycles. The van der Waals surface area contributed by atoms with Crippen molar-refractivity contribution in [2.24, 2.45) is 5.73 Å². The number of benzene rings is 1. The highest BCUT2D eigenvalue weighted by molar-refractivity contribution is 7.80. The summed E-state index contributed by atoms with van der Waals surface area (Å²) < 4.78 is 1.45. The van der Waals surface area contributed by atoms with Crippen molar-refractivity contribution in [3.8, 4) is 0 Å². The smallest absolute Gasteiger partial charge is 0.246 e. The van der Waals surface area contributed by atoms with Crippen molar-refractivity contribution < 1.29 is 4.79 Å². The van der Waals surface area contributed by atoms with Gasteiger partial charge in [0.25, 0.3) is 0 Å². The van der Waals surface area contributed by atoms with E-state index in [0.29, 0.717) is 16.3 Å². The Hall–Kier alpha value is -1.92. The fraction of sp³-hybridized carbons (Fsp3) is 0.0833. The van der Waals surface area contributed by atoms with Crippen LogP contribution in [0.25, 0.3) is 0 Å². The average molecular weight is 295 g/mol. The summed E-state index contributed by atoms with van der Waals surface area (Å²) in [7, 11) is 0. The first-order chi connectivity index (χ1) is 9.04. The predicted molar refractivity (Wildman–Crippen MR) is 78.2 cm³/mol. The lowest BCUT2D eigenvalue weighted by Crippen LogP contribution is -2.19. The van der Waals surface area contributed by atoms with Gasteiger partial charge in [-0.15, -0.1) is 0 Å². The first-order valence-electron chi connectivity index (χ1n) is 5.42. The number of amides is 1. The maximum atomic E-state index is 11.8. The summed E-state index contributed by atoms with van der Waals surface area (Å²) in [4.78, 5) is 12.1. The highest BCUT2D eigenvalue weighted by Gasteiger charge is 2.06. The summed E-state index contributed by atoms with van der Waals surface area (Å²) in [6.45, 7) is 0.0873. The number of nitrogens with one attached hydrogen (secondary N) is 1. The van der Waals surface area contributed by atoms with Gasteiger partial charge in [0.2, 0.25) is 5.91 Å². The second-order valence-corrected chi connectivity index (χ2v) is 4.73. The number of aromatic nitrogens is 2. The second kappa shape index (κ2) is 5.81. The second-order valence-electron chi connectivity index (χ2n) is 3.85. The van der Waals surface area contributed by atoms with Gasteiger partial charge in [-0.1, -0.05) is 36.0 Å². The molecule has 0 fully saturated rings. The Kier molecular flexibility index (Phi) is 4.13. The van der Waals surface area contributed by atoms with Crippen molar-refractivity contribution in [1.29, 1.82) is 0 Å². The standard InChI is InChI=1S/C12H11ClN4OS/c13-9-5-15-17(6-9)7-11(18)16-10-3-1-2-8(4-10)12(14)19/h1-6H,7H2,(H2,14,19)(H,16,18). The highest BCUT2D eigenvalue weighted by Crippen LogP contribution is 2.11. The number of carbonyl (C=O) groups is 1. The number of nitrogens with two attached hydrogens (primary N) is 1. The van der Waals surface area contributed by atoms with Crippen LogP contribution in [0.4, 0.5) is 5.69 Å². The largest absolute Gasteiger partial charge is 0.389 e. The van der Waals surface area contributed by atoms with Gasteiger partial charge in [0.05, 0.1) is 11.2 Å². The lowest BCUT2D eigenvalue weighted by Gasteiger charge is -2.07. The summed E-state index contributed by atoms with van der Waals surface area (Å²) in [5.41, 5.74) is 6.87. The summed E-state index contributed by atoms with van der Waals surface area (Å²) >= 11 is 10.6. The third-order valence-corrected chi connectivity index (χ3v) is 2.77. The molecule has 3 N–H and O–H groups in total. The minimum atomic E-state index is -0.208. The lowest BCUT2D eigenvalue weighted by molar-refractivity contribution is -0.116. The van der Waals surface area contributed by atoms with Crippen LogP contribution >= 0.6 is 23.8 Å². The minimum absolute atomic E-state index is 0.0873. The number of anilines is 1. The van der Waals surface area contributed by atoms with E-state index >= 15 is 0 Å². The number of hydrogen-bond donors (Lipinski definition) is 2. The molecule has 19 heavy (non-hydrogen) atoms. The van der Waals surface area contributed by atoms with E-state index in [1.807, 2.05) is 0 Å². The van der Waals surface area contributed by atoms with E-state index in [1.54, 1.807) is 30.5 Å². The van der Waals surface area contributed by atoms with Gasteiger partial charge in [-0.25, -0.2) is 0 Å². The Morgan fingerprint density at radius 2 is 2.32 bits per heavy atom. The summed E-state index contributed by atoms with van der Waals surface area (Å²) in [6.07, 6.45) is 3.05. The first-order valence-corrected chi connectivity index (χ1v) is 6.21. The fourth-order valence-electron chi connectivity index (χ4n) is 1.52. The van der Waals surface area contributed by atoms with Crippen molar-refractivity contribution in [3.63, 3.8) is 0 Å². The van der Waals surface area contributed by atoms with Gasteiger partial charge >= 0.3 is 0 Å². The molecule has 0 bridgehead atoms. The zero-order valence-corrected chi connectivity index (χ0v) is 11.4. The van der Waals surface area contributed by atoms with Gasteiger partial charge in [0.1, 0.15) is 11.5 Å². The summed E-state index contributed by atoms with van der Waals surface area (Å²) in [6, 6.07) is 7.03. The van der Waals surface area contributed by atoms with Crippen LogP contribution in [0.3, 0.4) is 0 Å². The number of nitrogens with zero attached hydrogens (tertiary/aromatic N) is 2. The third-order valence-electron chi connectivity index (χ3n) is 2.34. The Labute approximate surface area is 120 Å². The molecular formula is C12H11ClN4OS. The molecule has 0 unspecified atom stereocenters. The Balaban J connectivity index is 2.02. The number of rotatable bonds is 4. The normalized spacial score (nSPS) is 10.2. The Morgan fingerprint density at radius 3 is 2.95 bits per heavy atom. The number of hydrogen-bond acceptors (Lipinski definition) is 3. The van der Waals surface area contributed by atoms with Crippen LogP contribution < -0.4 is 11.1 Å². The lowest BCUT2D eigenvalue weighted by atomic mass is 10.2. The predicted octanol–water partition coefficient (Wildman–Crippen LogP) is 1.81. The molecular weight excluding hydrogens is 284 g/mol. The topological polar surface area (TPSA) is 72.9 Å². The molecule has 0 saturated heterocycles. The van der Waals surface area contributed by atoms with Gasteiger partial charge in [0.15, 0.2) is 0 Å². The van der Waals surface area contributed by atoms with Crippen LogP contribution in [0.1, 0.15) is 5.56 Å². The van der Waals surface area contributed by atoms with Gasteiger partial charge in [-0.3, -0.25) is 9.48 Å². The van der Waals surface area contributed by atoms with E-state index in [9.17, 15) is 4.79 Å². The molecule has 5 nitrogen and oxygen atoms in total. The molecule has 98 valence electrons. The van der Waals surface area contributed by atoms with Gasteiger partial charge in [0, 0.05) is 17.4 Å². The van der Waals surface area contributed by atoms with E-state index in [4.69, 9.17) is 29.6 Å². The molecule has 2 aromatic rings. The molecule has 0 aliphatic heterocycles. The molecule has 0 radical (unpaired) electrons. The molecule has 1 heterocycles. The Morgan fingerprint density at radius 1 is 1.53 bits per heavy atom. The van der Waals surface area contributed by atoms with Crippen molar-refractivity contribution in [2.75, 3.05) is 5.32 Å². The zero-order chi connectivity index (χ0) is 13.8. The molecule has 7 heteroatoms. The first kappa shape index (κ1) is 13.5. The molecule has 1 amide bonds. The molecule has 1 aromatic carbocycles. The van der Waals surface area contributed by atoms with Crippen LogP contribution in [0, 0.1) is 0 Å². The monoisotopic (exact) mass is 294 g/mol. The van der Waals surface area contributed by atoms with Gasteiger partial charge < -0.3 is 11.1 Å². The zero-order valence-electron chi connectivity index (χ0n) is 9.84. The van der Waals surface area contributed by atoms with Crippen molar-refractivity contribution >= 4 is 40.4 Å². The van der Waals surface area contributed by atoms with Crippen LogP contribution in [0.5, 0.6) is 0 Å².